The fraction of sp³-hybridized carbons (Fsp3) is 0.231. The second-order valence-electron chi connectivity index (χ2n) is 4.36. The van der Waals surface area contributed by atoms with Crippen molar-refractivity contribution in [2.24, 2.45) is 0 Å². The highest BCUT2D eigenvalue weighted by molar-refractivity contribution is 5.95. The number of hydrogen-bond donors (Lipinski definition) is 2. The lowest BCUT2D eigenvalue weighted by Gasteiger charge is -2.07. The van der Waals surface area contributed by atoms with Gasteiger partial charge in [0.25, 0.3) is 11.6 Å². The highest BCUT2D eigenvalue weighted by Gasteiger charge is 2.17. The molecule has 0 aliphatic rings. The maximum Gasteiger partial charge on any atom is 0.293 e. The Hall–Kier alpha value is -2.90. The van der Waals surface area contributed by atoms with Crippen LogP contribution in [-0.4, -0.2) is 23.0 Å². The molecule has 8 nitrogen and oxygen atoms in total. The average molecular weight is 290 g/mol. The van der Waals surface area contributed by atoms with Gasteiger partial charge in [-0.25, -0.2) is 0 Å². The van der Waals surface area contributed by atoms with Crippen LogP contribution in [0.15, 0.2) is 28.8 Å². The molecule has 1 amide bonds. The van der Waals surface area contributed by atoms with Crippen molar-refractivity contribution in [3.05, 3.63) is 51.4 Å². The van der Waals surface area contributed by atoms with Gasteiger partial charge in [0.15, 0.2) is 5.76 Å². The molecule has 0 aliphatic carbocycles. The molecule has 0 unspecified atom stereocenters. The first-order valence-corrected chi connectivity index (χ1v) is 6.18. The largest absolute Gasteiger partial charge is 0.372 e. The molecule has 0 atom stereocenters. The van der Waals surface area contributed by atoms with Crippen LogP contribution in [-0.2, 0) is 6.54 Å². The molecule has 1 heterocycles. The number of nitro groups is 1. The summed E-state index contributed by atoms with van der Waals surface area (Å²) in [7, 11) is 1.46. The van der Waals surface area contributed by atoms with Crippen molar-refractivity contribution >= 4 is 17.3 Å². The number of carbonyl (C=O) groups excluding carboxylic acids is 1. The van der Waals surface area contributed by atoms with Crippen molar-refractivity contribution in [3.8, 4) is 0 Å². The lowest BCUT2D eigenvalue weighted by molar-refractivity contribution is -0.384. The highest BCUT2D eigenvalue weighted by atomic mass is 16.6. The number of aromatic nitrogens is 1. The number of aryl methyl sites for hydroxylation is 1. The Labute approximate surface area is 120 Å². The molecule has 21 heavy (non-hydrogen) atoms. The number of nitrogens with zero attached hydrogens (tertiary/aromatic N) is 2. The van der Waals surface area contributed by atoms with Gasteiger partial charge >= 0.3 is 0 Å². The molecule has 0 saturated carbocycles. The standard InChI is InChI=1S/C13H14N4O4/c1-8-5-10(21-16-8)7-15-11-4-3-9(13(18)14-2)6-12(11)17(19)20/h3-6,15H,7H2,1-2H3,(H,14,18). The van der Waals surface area contributed by atoms with Crippen LogP contribution in [0.25, 0.3) is 0 Å². The van der Waals surface area contributed by atoms with E-state index in [1.54, 1.807) is 13.0 Å². The fourth-order valence-electron chi connectivity index (χ4n) is 1.80. The summed E-state index contributed by atoms with van der Waals surface area (Å²) in [6.45, 7) is 2.05. The van der Waals surface area contributed by atoms with Crippen molar-refractivity contribution in [1.82, 2.24) is 10.5 Å². The third-order valence-electron chi connectivity index (χ3n) is 2.81. The predicted molar refractivity (Wildman–Crippen MR) is 75.1 cm³/mol. The van der Waals surface area contributed by atoms with E-state index in [0.717, 1.165) is 5.69 Å². The fourth-order valence-corrected chi connectivity index (χ4v) is 1.80. The van der Waals surface area contributed by atoms with E-state index in [9.17, 15) is 14.9 Å². The molecule has 2 aromatic rings. The van der Waals surface area contributed by atoms with Crippen LogP contribution >= 0.6 is 0 Å². The van der Waals surface area contributed by atoms with Crippen molar-refractivity contribution < 1.29 is 14.2 Å². The monoisotopic (exact) mass is 290 g/mol. The molecule has 8 heteroatoms. The maximum atomic E-state index is 11.5. The molecular weight excluding hydrogens is 276 g/mol. The zero-order valence-corrected chi connectivity index (χ0v) is 11.5. The Morgan fingerprint density at radius 3 is 2.76 bits per heavy atom. The van der Waals surface area contributed by atoms with Crippen LogP contribution in [0.2, 0.25) is 0 Å². The number of anilines is 1. The summed E-state index contributed by atoms with van der Waals surface area (Å²) in [4.78, 5) is 22.1. The van der Waals surface area contributed by atoms with E-state index in [0.29, 0.717) is 11.4 Å². The molecule has 0 aliphatic heterocycles. The van der Waals surface area contributed by atoms with Gasteiger partial charge in [-0.05, 0) is 19.1 Å². The van der Waals surface area contributed by atoms with Gasteiger partial charge in [0, 0.05) is 24.7 Å². The molecule has 1 aromatic heterocycles. The summed E-state index contributed by atoms with van der Waals surface area (Å²) in [6.07, 6.45) is 0. The zero-order chi connectivity index (χ0) is 15.4. The Balaban J connectivity index is 2.22. The molecule has 0 radical (unpaired) electrons. The van der Waals surface area contributed by atoms with E-state index >= 15 is 0 Å². The molecule has 0 saturated heterocycles. The van der Waals surface area contributed by atoms with Crippen LogP contribution < -0.4 is 10.6 Å². The summed E-state index contributed by atoms with van der Waals surface area (Å²) < 4.78 is 5.02. The third-order valence-corrected chi connectivity index (χ3v) is 2.81. The summed E-state index contributed by atoms with van der Waals surface area (Å²) >= 11 is 0. The lowest BCUT2D eigenvalue weighted by atomic mass is 10.1. The molecule has 0 spiro atoms. The SMILES string of the molecule is CNC(=O)c1ccc(NCc2cc(C)no2)c([N+](=O)[O-])c1. The minimum atomic E-state index is -0.541. The van der Waals surface area contributed by atoms with Crippen LogP contribution in [0.3, 0.4) is 0 Å². The Morgan fingerprint density at radius 1 is 1.43 bits per heavy atom. The van der Waals surface area contributed by atoms with E-state index in [1.807, 2.05) is 0 Å². The van der Waals surface area contributed by atoms with Crippen molar-refractivity contribution in [1.29, 1.82) is 0 Å². The lowest BCUT2D eigenvalue weighted by Crippen LogP contribution is -2.18. The number of nitrogens with one attached hydrogen (secondary N) is 2. The summed E-state index contributed by atoms with van der Waals surface area (Å²) in [5.41, 5.74) is 1.09. The third kappa shape index (κ3) is 3.35. The highest BCUT2D eigenvalue weighted by Crippen LogP contribution is 2.26. The van der Waals surface area contributed by atoms with E-state index in [-0.39, 0.29) is 23.7 Å². The molecule has 110 valence electrons. The van der Waals surface area contributed by atoms with E-state index in [2.05, 4.69) is 15.8 Å². The number of benzene rings is 1. The van der Waals surface area contributed by atoms with E-state index in [4.69, 9.17) is 4.52 Å². The van der Waals surface area contributed by atoms with Gasteiger partial charge in [0.05, 0.1) is 17.2 Å². The number of amides is 1. The first-order valence-electron chi connectivity index (χ1n) is 6.18. The topological polar surface area (TPSA) is 110 Å². The number of nitro benzene ring substituents is 1. The van der Waals surface area contributed by atoms with Gasteiger partial charge in [-0.1, -0.05) is 5.16 Å². The van der Waals surface area contributed by atoms with Gasteiger partial charge in [0.1, 0.15) is 5.69 Å². The smallest absolute Gasteiger partial charge is 0.293 e. The maximum absolute atomic E-state index is 11.5. The number of hydrogen-bond acceptors (Lipinski definition) is 6. The van der Waals surface area contributed by atoms with Crippen LogP contribution in [0, 0.1) is 17.0 Å². The van der Waals surface area contributed by atoms with Gasteiger partial charge in [0.2, 0.25) is 0 Å². The minimum absolute atomic E-state index is 0.174. The van der Waals surface area contributed by atoms with Crippen LogP contribution in [0.5, 0.6) is 0 Å². The normalized spacial score (nSPS) is 10.2. The van der Waals surface area contributed by atoms with Gasteiger partial charge in [-0.15, -0.1) is 0 Å². The Bertz CT molecular complexity index is 681. The predicted octanol–water partition coefficient (Wildman–Crippen LogP) is 1.86. The second kappa shape index (κ2) is 6.04. The molecule has 1 aromatic carbocycles. The summed E-state index contributed by atoms with van der Waals surface area (Å²) in [6, 6.07) is 5.97. The number of carbonyl (C=O) groups is 1. The molecule has 0 bridgehead atoms. The zero-order valence-electron chi connectivity index (χ0n) is 11.5. The average Bonchev–Trinajstić information content (AvgIpc) is 2.89. The number of rotatable bonds is 5. The van der Waals surface area contributed by atoms with Crippen LogP contribution in [0.4, 0.5) is 11.4 Å². The molecular formula is C13H14N4O4. The minimum Gasteiger partial charge on any atom is -0.372 e. The first-order chi connectivity index (χ1) is 10.0. The summed E-state index contributed by atoms with van der Waals surface area (Å²) in [5, 5.41) is 20.2. The van der Waals surface area contributed by atoms with Gasteiger partial charge in [-0.2, -0.15) is 0 Å². The Morgan fingerprint density at radius 2 is 2.19 bits per heavy atom. The Kier molecular flexibility index (Phi) is 4.17. The van der Waals surface area contributed by atoms with Gasteiger partial charge in [-0.3, -0.25) is 14.9 Å². The molecule has 0 fully saturated rings. The molecule has 2 N–H and O–H groups in total. The molecule has 2 rings (SSSR count). The second-order valence-corrected chi connectivity index (χ2v) is 4.36. The summed E-state index contributed by atoms with van der Waals surface area (Å²) in [5.74, 6) is 0.188. The quantitative estimate of drug-likeness (QED) is 0.642. The van der Waals surface area contributed by atoms with E-state index < -0.39 is 4.92 Å². The van der Waals surface area contributed by atoms with Crippen LogP contribution in [0.1, 0.15) is 21.8 Å². The van der Waals surface area contributed by atoms with Gasteiger partial charge < -0.3 is 15.2 Å². The van der Waals surface area contributed by atoms with Crippen molar-refractivity contribution in [3.63, 3.8) is 0 Å². The van der Waals surface area contributed by atoms with Crippen molar-refractivity contribution in [2.45, 2.75) is 13.5 Å². The first kappa shape index (κ1) is 14.5. The van der Waals surface area contributed by atoms with Crippen molar-refractivity contribution in [2.75, 3.05) is 12.4 Å². The van der Waals surface area contributed by atoms with E-state index in [1.165, 1.54) is 25.2 Å².